The van der Waals surface area contributed by atoms with Crippen LogP contribution in [0, 0.1) is 13.8 Å². The van der Waals surface area contributed by atoms with Crippen molar-refractivity contribution in [2.24, 2.45) is 0 Å². The topological polar surface area (TPSA) is 49.4 Å². The second-order valence-corrected chi connectivity index (χ2v) is 9.51. The van der Waals surface area contributed by atoms with Gasteiger partial charge in [0.25, 0.3) is 0 Å². The molecule has 0 aliphatic rings. The summed E-state index contributed by atoms with van der Waals surface area (Å²) in [7, 11) is 0. The number of hydrogen-bond donors (Lipinski definition) is 1. The normalized spacial score (nSPS) is 11.8. The lowest BCUT2D eigenvalue weighted by molar-refractivity contribution is -0.138. The van der Waals surface area contributed by atoms with Gasteiger partial charge in [-0.25, -0.2) is 0 Å². The molecule has 2 rings (SSSR count). The van der Waals surface area contributed by atoms with Crippen LogP contribution < -0.4 is 5.32 Å². The minimum atomic E-state index is -0.523. The molecule has 4 nitrogen and oxygen atoms in total. The van der Waals surface area contributed by atoms with Crippen LogP contribution in [0.1, 0.15) is 42.5 Å². The molecular weight excluding hydrogens is 460 g/mol. The van der Waals surface area contributed by atoms with Crippen LogP contribution in [0.3, 0.4) is 0 Å². The lowest BCUT2D eigenvalue weighted by atomic mass is 10.1. The third-order valence-electron chi connectivity index (χ3n) is 4.73. The van der Waals surface area contributed by atoms with Gasteiger partial charge in [-0.3, -0.25) is 9.59 Å². The van der Waals surface area contributed by atoms with Crippen molar-refractivity contribution in [1.29, 1.82) is 0 Å². The zero-order valence-corrected chi connectivity index (χ0v) is 20.6. The van der Waals surface area contributed by atoms with E-state index in [4.69, 9.17) is 0 Å². The largest absolute Gasteiger partial charge is 0.354 e. The Bertz CT molecular complexity index is 852. The van der Waals surface area contributed by atoms with Crippen molar-refractivity contribution in [3.8, 4) is 0 Å². The maximum atomic E-state index is 13.1. The Morgan fingerprint density at radius 1 is 1.10 bits per heavy atom. The number of benzene rings is 2. The first-order valence-corrected chi connectivity index (χ1v) is 12.2. The summed E-state index contributed by atoms with van der Waals surface area (Å²) in [5.74, 6) is 0.977. The summed E-state index contributed by atoms with van der Waals surface area (Å²) < 4.78 is 0.958. The molecule has 2 aromatic carbocycles. The fourth-order valence-electron chi connectivity index (χ4n) is 3.30. The second kappa shape index (κ2) is 12.2. The van der Waals surface area contributed by atoms with Crippen LogP contribution >= 0.6 is 27.7 Å². The molecule has 0 fully saturated rings. The molecular formula is C24H31BrN2O2S. The van der Waals surface area contributed by atoms with Crippen molar-refractivity contribution < 1.29 is 9.59 Å². The Labute approximate surface area is 192 Å². The fourth-order valence-corrected chi connectivity index (χ4v) is 4.59. The van der Waals surface area contributed by atoms with E-state index in [0.29, 0.717) is 18.8 Å². The molecule has 0 heterocycles. The zero-order valence-electron chi connectivity index (χ0n) is 18.2. The minimum Gasteiger partial charge on any atom is -0.354 e. The Hall–Kier alpha value is -1.79. The summed E-state index contributed by atoms with van der Waals surface area (Å²) in [6, 6.07) is 13.8. The van der Waals surface area contributed by atoms with Gasteiger partial charge in [-0.2, -0.15) is 0 Å². The van der Waals surface area contributed by atoms with E-state index < -0.39 is 6.04 Å². The molecule has 0 bridgehead atoms. The molecule has 2 amide bonds. The van der Waals surface area contributed by atoms with Crippen molar-refractivity contribution in [2.75, 3.05) is 12.3 Å². The maximum Gasteiger partial charge on any atom is 0.242 e. The van der Waals surface area contributed by atoms with Gasteiger partial charge in [0.2, 0.25) is 11.8 Å². The first kappa shape index (κ1) is 24.5. The van der Waals surface area contributed by atoms with Gasteiger partial charge >= 0.3 is 0 Å². The van der Waals surface area contributed by atoms with Crippen LogP contribution in [0.4, 0.5) is 0 Å². The van der Waals surface area contributed by atoms with Crippen molar-refractivity contribution in [2.45, 2.75) is 52.5 Å². The highest BCUT2D eigenvalue weighted by atomic mass is 79.9. The smallest absolute Gasteiger partial charge is 0.242 e. The minimum absolute atomic E-state index is 0.0245. The quantitative estimate of drug-likeness (QED) is 0.495. The molecule has 0 aromatic heterocycles. The Morgan fingerprint density at radius 3 is 2.43 bits per heavy atom. The van der Waals surface area contributed by atoms with Crippen molar-refractivity contribution >= 4 is 39.5 Å². The number of nitrogens with one attached hydrogen (secondary N) is 1. The van der Waals surface area contributed by atoms with Crippen LogP contribution in [0.15, 0.2) is 46.9 Å². The Kier molecular flexibility index (Phi) is 9.92. The molecule has 1 N–H and O–H groups in total. The highest BCUT2D eigenvalue weighted by Crippen LogP contribution is 2.19. The number of nitrogens with zero attached hydrogens (tertiary/aromatic N) is 1. The number of hydrogen-bond acceptors (Lipinski definition) is 3. The molecule has 0 spiro atoms. The standard InChI is InChI=1S/C24H31BrN2O2S/c1-5-9-26-24(29)19(4)27(14-20-7-6-8-22(25)13-20)23(28)16-30-15-21-11-17(2)10-18(3)12-21/h6-8,10-13,19H,5,9,14-16H2,1-4H3,(H,26,29). The number of halogens is 1. The van der Waals surface area contributed by atoms with Gasteiger partial charge in [0.1, 0.15) is 6.04 Å². The van der Waals surface area contributed by atoms with E-state index in [1.165, 1.54) is 16.7 Å². The maximum absolute atomic E-state index is 13.1. The Morgan fingerprint density at radius 2 is 1.80 bits per heavy atom. The summed E-state index contributed by atoms with van der Waals surface area (Å²) in [6.07, 6.45) is 0.865. The van der Waals surface area contributed by atoms with E-state index in [2.05, 4.69) is 53.3 Å². The van der Waals surface area contributed by atoms with Gasteiger partial charge < -0.3 is 10.2 Å². The van der Waals surface area contributed by atoms with E-state index in [9.17, 15) is 9.59 Å². The highest BCUT2D eigenvalue weighted by Gasteiger charge is 2.25. The molecule has 0 aliphatic heterocycles. The van der Waals surface area contributed by atoms with E-state index in [1.807, 2.05) is 31.2 Å². The summed E-state index contributed by atoms with van der Waals surface area (Å²) in [5.41, 5.74) is 4.67. The molecule has 162 valence electrons. The first-order valence-electron chi connectivity index (χ1n) is 10.3. The van der Waals surface area contributed by atoms with Crippen LogP contribution in [0.2, 0.25) is 0 Å². The van der Waals surface area contributed by atoms with Gasteiger partial charge in [-0.05, 0) is 50.5 Å². The van der Waals surface area contributed by atoms with Crippen LogP contribution in [-0.4, -0.2) is 35.1 Å². The molecule has 2 aromatic rings. The van der Waals surface area contributed by atoms with Crippen molar-refractivity contribution in [1.82, 2.24) is 10.2 Å². The van der Waals surface area contributed by atoms with Crippen LogP contribution in [0.5, 0.6) is 0 Å². The average Bonchev–Trinajstić information content (AvgIpc) is 2.69. The third kappa shape index (κ3) is 7.80. The van der Waals surface area contributed by atoms with E-state index in [1.54, 1.807) is 23.6 Å². The third-order valence-corrected chi connectivity index (χ3v) is 6.22. The molecule has 6 heteroatoms. The van der Waals surface area contributed by atoms with E-state index in [-0.39, 0.29) is 11.8 Å². The number of thioether (sulfide) groups is 1. The molecule has 30 heavy (non-hydrogen) atoms. The molecule has 1 unspecified atom stereocenters. The van der Waals surface area contributed by atoms with Crippen LogP contribution in [-0.2, 0) is 21.9 Å². The van der Waals surface area contributed by atoms with E-state index >= 15 is 0 Å². The Balaban J connectivity index is 2.07. The van der Waals surface area contributed by atoms with E-state index in [0.717, 1.165) is 22.2 Å². The number of aryl methyl sites for hydroxylation is 2. The predicted molar refractivity (Wildman–Crippen MR) is 130 cm³/mol. The van der Waals surface area contributed by atoms with Crippen LogP contribution in [0.25, 0.3) is 0 Å². The summed E-state index contributed by atoms with van der Waals surface area (Å²) in [6.45, 7) is 9.01. The summed E-state index contributed by atoms with van der Waals surface area (Å²) in [4.78, 5) is 27.3. The lowest BCUT2D eigenvalue weighted by Crippen LogP contribution is -2.48. The highest BCUT2D eigenvalue weighted by molar-refractivity contribution is 9.10. The number of carbonyl (C=O) groups is 2. The van der Waals surface area contributed by atoms with Gasteiger partial charge in [-0.1, -0.05) is 64.3 Å². The lowest BCUT2D eigenvalue weighted by Gasteiger charge is -2.29. The first-order chi connectivity index (χ1) is 14.3. The molecule has 0 saturated carbocycles. The van der Waals surface area contributed by atoms with Crippen molar-refractivity contribution in [3.63, 3.8) is 0 Å². The van der Waals surface area contributed by atoms with Crippen molar-refractivity contribution in [3.05, 3.63) is 69.2 Å². The number of rotatable bonds is 10. The molecule has 0 radical (unpaired) electrons. The molecule has 0 saturated heterocycles. The SMILES string of the molecule is CCCNC(=O)C(C)N(Cc1cccc(Br)c1)C(=O)CSCc1cc(C)cc(C)c1. The summed E-state index contributed by atoms with van der Waals surface area (Å²) >= 11 is 5.07. The van der Waals surface area contributed by atoms with Gasteiger partial charge in [0.15, 0.2) is 0 Å². The predicted octanol–water partition coefficient (Wildman–Crippen LogP) is 5.24. The molecule has 0 aliphatic carbocycles. The number of amides is 2. The zero-order chi connectivity index (χ0) is 22.1. The van der Waals surface area contributed by atoms with Gasteiger partial charge in [-0.15, -0.1) is 11.8 Å². The molecule has 1 atom stereocenters. The van der Waals surface area contributed by atoms with Gasteiger partial charge in [0.05, 0.1) is 5.75 Å². The average molecular weight is 491 g/mol. The summed E-state index contributed by atoms with van der Waals surface area (Å²) in [5, 5.41) is 2.91. The number of carbonyl (C=O) groups excluding carboxylic acids is 2. The fraction of sp³-hybridized carbons (Fsp3) is 0.417. The van der Waals surface area contributed by atoms with Gasteiger partial charge in [0, 0.05) is 23.3 Å². The monoisotopic (exact) mass is 490 g/mol. The second-order valence-electron chi connectivity index (χ2n) is 7.61.